The van der Waals surface area contributed by atoms with Crippen LogP contribution in [0.15, 0.2) is 65.1 Å². The zero-order chi connectivity index (χ0) is 25.2. The van der Waals surface area contributed by atoms with E-state index in [1.165, 1.54) is 19.5 Å². The number of ketones is 1. The molecule has 8 nitrogen and oxygen atoms in total. The number of aliphatic imine (C=N–C) groups is 1. The minimum Gasteiger partial charge on any atom is -0.486 e. The SMILES string of the molecule is COC(=O)CCC1CC(=O)C(C(N)=Nc2ccccc2)=C(NCc2ccncc2OCC(F)F)C1. The number of aromatic nitrogens is 1. The summed E-state index contributed by atoms with van der Waals surface area (Å²) in [4.78, 5) is 33.1. The number of halogens is 2. The molecule has 10 heteroatoms. The van der Waals surface area contributed by atoms with Crippen LogP contribution < -0.4 is 15.8 Å². The number of nitrogens with two attached hydrogens (primary N) is 1. The van der Waals surface area contributed by atoms with Gasteiger partial charge in [-0.2, -0.15) is 0 Å². The lowest BCUT2D eigenvalue weighted by molar-refractivity contribution is -0.141. The van der Waals surface area contributed by atoms with Crippen LogP contribution in [0.5, 0.6) is 5.75 Å². The molecule has 186 valence electrons. The third-order valence-electron chi connectivity index (χ3n) is 5.52. The van der Waals surface area contributed by atoms with Crippen LogP contribution >= 0.6 is 0 Å². The molecule has 0 aliphatic heterocycles. The third kappa shape index (κ3) is 7.59. The van der Waals surface area contributed by atoms with Gasteiger partial charge in [-0.15, -0.1) is 0 Å². The van der Waals surface area contributed by atoms with Crippen molar-refractivity contribution in [1.82, 2.24) is 10.3 Å². The van der Waals surface area contributed by atoms with E-state index in [2.05, 4.69) is 15.3 Å². The molecule has 35 heavy (non-hydrogen) atoms. The largest absolute Gasteiger partial charge is 0.486 e. The molecule has 0 spiro atoms. The standard InChI is InChI=1S/C25H28F2N4O4/c1-34-23(33)8-7-16-11-19(30-13-17-9-10-29-14-21(17)35-15-22(26)27)24(20(32)12-16)25(28)31-18-5-3-2-4-6-18/h2-6,9-10,14,16,22,30H,7-8,11-13,15H2,1H3,(H2,28,31). The van der Waals surface area contributed by atoms with Gasteiger partial charge in [0.25, 0.3) is 6.43 Å². The number of carbonyl (C=O) groups is 2. The van der Waals surface area contributed by atoms with Crippen molar-refractivity contribution >= 4 is 23.3 Å². The fourth-order valence-electron chi connectivity index (χ4n) is 3.82. The van der Waals surface area contributed by atoms with Gasteiger partial charge in [-0.1, -0.05) is 18.2 Å². The number of para-hydroxylation sites is 1. The van der Waals surface area contributed by atoms with Crippen molar-refractivity contribution in [1.29, 1.82) is 0 Å². The number of Topliss-reactive ketones (excluding diaryl/α,β-unsaturated/α-hetero) is 1. The second-order valence-electron chi connectivity index (χ2n) is 8.04. The van der Waals surface area contributed by atoms with Crippen molar-refractivity contribution in [2.45, 2.75) is 38.7 Å². The quantitative estimate of drug-likeness (QED) is 0.283. The van der Waals surface area contributed by atoms with Gasteiger partial charge >= 0.3 is 5.97 Å². The third-order valence-corrected chi connectivity index (χ3v) is 5.52. The Morgan fingerprint density at radius 2 is 2.03 bits per heavy atom. The van der Waals surface area contributed by atoms with Gasteiger partial charge in [-0.05, 0) is 37.0 Å². The minimum absolute atomic E-state index is 0.0824. The molecule has 0 amide bonds. The second kappa shape index (κ2) is 12.6. The Morgan fingerprint density at radius 1 is 1.26 bits per heavy atom. The van der Waals surface area contributed by atoms with Gasteiger partial charge in [-0.3, -0.25) is 14.6 Å². The molecule has 0 bridgehead atoms. The van der Waals surface area contributed by atoms with E-state index in [0.717, 1.165) is 0 Å². The van der Waals surface area contributed by atoms with Crippen LogP contribution in [0.1, 0.15) is 31.2 Å². The van der Waals surface area contributed by atoms with Gasteiger partial charge in [0.15, 0.2) is 5.78 Å². The number of pyridine rings is 1. The Labute approximate surface area is 202 Å². The number of methoxy groups -OCH3 is 1. The van der Waals surface area contributed by atoms with Crippen LogP contribution in [-0.2, 0) is 20.9 Å². The molecule has 1 aromatic heterocycles. The number of alkyl halides is 2. The number of amidine groups is 1. The van der Waals surface area contributed by atoms with Gasteiger partial charge in [-0.25, -0.2) is 13.8 Å². The van der Waals surface area contributed by atoms with Crippen molar-refractivity contribution in [3.8, 4) is 5.75 Å². The molecule has 1 heterocycles. The number of hydrogen-bond acceptors (Lipinski definition) is 7. The van der Waals surface area contributed by atoms with Crippen LogP contribution in [0.3, 0.4) is 0 Å². The van der Waals surface area contributed by atoms with Crippen molar-refractivity contribution in [3.05, 3.63) is 65.6 Å². The number of rotatable bonds is 11. The summed E-state index contributed by atoms with van der Waals surface area (Å²) in [5, 5.41) is 3.23. The smallest absolute Gasteiger partial charge is 0.305 e. The highest BCUT2D eigenvalue weighted by Gasteiger charge is 2.30. The molecule has 1 aliphatic rings. The van der Waals surface area contributed by atoms with Gasteiger partial charge < -0.3 is 20.5 Å². The molecular formula is C25H28F2N4O4. The van der Waals surface area contributed by atoms with E-state index in [1.807, 2.05) is 18.2 Å². The topological polar surface area (TPSA) is 116 Å². The number of hydrogen-bond donors (Lipinski definition) is 2. The zero-order valence-corrected chi connectivity index (χ0v) is 19.4. The van der Waals surface area contributed by atoms with Gasteiger partial charge in [0.05, 0.1) is 24.6 Å². The molecule has 3 N–H and O–H groups in total. The lowest BCUT2D eigenvalue weighted by Gasteiger charge is -2.27. The van der Waals surface area contributed by atoms with Crippen molar-refractivity contribution in [2.24, 2.45) is 16.6 Å². The first-order chi connectivity index (χ1) is 16.9. The van der Waals surface area contributed by atoms with E-state index >= 15 is 0 Å². The molecule has 1 aromatic carbocycles. The molecule has 0 saturated heterocycles. The predicted octanol–water partition coefficient (Wildman–Crippen LogP) is 3.69. The van der Waals surface area contributed by atoms with Crippen LogP contribution in [0.4, 0.5) is 14.5 Å². The predicted molar refractivity (Wildman–Crippen MR) is 126 cm³/mol. The maximum absolute atomic E-state index is 13.1. The Morgan fingerprint density at radius 3 is 2.74 bits per heavy atom. The average Bonchev–Trinajstić information content (AvgIpc) is 2.85. The number of nitrogens with zero attached hydrogens (tertiary/aromatic N) is 2. The molecule has 0 fully saturated rings. The van der Waals surface area contributed by atoms with Crippen LogP contribution in [0.2, 0.25) is 0 Å². The zero-order valence-electron chi connectivity index (χ0n) is 19.4. The maximum atomic E-state index is 13.1. The summed E-state index contributed by atoms with van der Waals surface area (Å²) in [6.07, 6.45) is 1.63. The first-order valence-corrected chi connectivity index (χ1v) is 11.2. The number of esters is 1. The summed E-state index contributed by atoms with van der Waals surface area (Å²) in [5.41, 5.74) is 8.33. The van der Waals surface area contributed by atoms with Crippen molar-refractivity contribution in [3.63, 3.8) is 0 Å². The Bertz CT molecular complexity index is 1090. The first-order valence-electron chi connectivity index (χ1n) is 11.2. The summed E-state index contributed by atoms with van der Waals surface area (Å²) in [6, 6.07) is 10.7. The maximum Gasteiger partial charge on any atom is 0.305 e. The van der Waals surface area contributed by atoms with E-state index < -0.39 is 13.0 Å². The first kappa shape index (κ1) is 25.8. The highest BCUT2D eigenvalue weighted by atomic mass is 19.3. The number of carbonyl (C=O) groups excluding carboxylic acids is 2. The number of nitrogens with one attached hydrogen (secondary N) is 1. The fourth-order valence-corrected chi connectivity index (χ4v) is 3.82. The highest BCUT2D eigenvalue weighted by Crippen LogP contribution is 2.30. The van der Waals surface area contributed by atoms with Crippen LogP contribution in [0, 0.1) is 5.92 Å². The number of ether oxygens (including phenoxy) is 2. The summed E-state index contributed by atoms with van der Waals surface area (Å²) in [7, 11) is 1.32. The Kier molecular flexibility index (Phi) is 9.28. The summed E-state index contributed by atoms with van der Waals surface area (Å²) in [5.74, 6) is -0.319. The van der Waals surface area contributed by atoms with Crippen molar-refractivity contribution in [2.75, 3.05) is 13.7 Å². The molecule has 3 rings (SSSR count). The normalized spacial score (nSPS) is 16.4. The number of allylic oxidation sites excluding steroid dienone is 1. The molecule has 2 aromatic rings. The van der Waals surface area contributed by atoms with Crippen LogP contribution in [0.25, 0.3) is 0 Å². The van der Waals surface area contributed by atoms with E-state index in [-0.39, 0.29) is 54.2 Å². The summed E-state index contributed by atoms with van der Waals surface area (Å²) >= 11 is 0. The molecule has 1 aliphatic carbocycles. The lowest BCUT2D eigenvalue weighted by atomic mass is 9.83. The molecular weight excluding hydrogens is 458 g/mol. The van der Waals surface area contributed by atoms with Crippen LogP contribution in [-0.4, -0.2) is 42.7 Å². The van der Waals surface area contributed by atoms with E-state index in [1.54, 1.807) is 18.2 Å². The van der Waals surface area contributed by atoms with E-state index in [9.17, 15) is 18.4 Å². The van der Waals surface area contributed by atoms with Gasteiger partial charge in [0.1, 0.15) is 18.2 Å². The van der Waals surface area contributed by atoms with Crippen molar-refractivity contribution < 1.29 is 27.8 Å². The average molecular weight is 487 g/mol. The fraction of sp³-hybridized carbons (Fsp3) is 0.360. The highest BCUT2D eigenvalue weighted by molar-refractivity contribution is 6.22. The lowest BCUT2D eigenvalue weighted by Crippen LogP contribution is -2.33. The Hall–Kier alpha value is -3.82. The second-order valence-corrected chi connectivity index (χ2v) is 8.04. The molecule has 0 saturated carbocycles. The molecule has 1 atom stereocenters. The van der Waals surface area contributed by atoms with E-state index in [4.69, 9.17) is 15.2 Å². The molecule has 1 unspecified atom stereocenters. The minimum atomic E-state index is -2.62. The van der Waals surface area contributed by atoms with Gasteiger partial charge in [0, 0.05) is 36.8 Å². The Balaban J connectivity index is 1.87. The monoisotopic (exact) mass is 486 g/mol. The van der Waals surface area contributed by atoms with E-state index in [0.29, 0.717) is 29.8 Å². The summed E-state index contributed by atoms with van der Waals surface area (Å²) < 4.78 is 35.1. The summed E-state index contributed by atoms with van der Waals surface area (Å²) in [6.45, 7) is -0.563. The molecule has 0 radical (unpaired) electrons. The van der Waals surface area contributed by atoms with Gasteiger partial charge in [0.2, 0.25) is 0 Å². The number of benzene rings is 1.